The number of ketones is 1. The number of benzene rings is 1. The molecule has 0 radical (unpaired) electrons. The zero-order valence-electron chi connectivity index (χ0n) is 22.6. The van der Waals surface area contributed by atoms with Crippen LogP contribution in [0.3, 0.4) is 0 Å². The largest absolute Gasteiger partial charge is 0.478 e. The van der Waals surface area contributed by atoms with Gasteiger partial charge in [-0.15, -0.1) is 11.3 Å². The van der Waals surface area contributed by atoms with Crippen LogP contribution in [0.1, 0.15) is 68.7 Å². The fraction of sp³-hybridized carbons (Fsp3) is 0.414. The highest BCUT2D eigenvalue weighted by Crippen LogP contribution is 2.31. The second-order valence-electron chi connectivity index (χ2n) is 10.5. The van der Waals surface area contributed by atoms with Crippen molar-refractivity contribution in [1.82, 2.24) is 24.4 Å². The average molecular weight is 596 g/mol. The molecular formula is C29H30ClN5O5S. The molecule has 10 nitrogen and oxygen atoms in total. The number of ether oxygens (including phenoxy) is 2. The quantitative estimate of drug-likeness (QED) is 0.247. The van der Waals surface area contributed by atoms with Crippen LogP contribution in [0.4, 0.5) is 0 Å². The molecule has 6 rings (SSSR count). The first-order chi connectivity index (χ1) is 19.8. The minimum atomic E-state index is -0.947. The molecule has 12 heteroatoms. The van der Waals surface area contributed by atoms with E-state index in [0.29, 0.717) is 28.9 Å². The molecular weight excluding hydrogens is 566 g/mol. The maximum atomic E-state index is 11.6. The van der Waals surface area contributed by atoms with Gasteiger partial charge in [0.15, 0.2) is 5.78 Å². The number of rotatable bonds is 10. The van der Waals surface area contributed by atoms with E-state index < -0.39 is 5.97 Å². The summed E-state index contributed by atoms with van der Waals surface area (Å²) in [5.41, 5.74) is 1.88. The number of aromatic nitrogens is 4. The molecule has 0 spiro atoms. The second-order valence-corrected chi connectivity index (χ2v) is 12.0. The van der Waals surface area contributed by atoms with Crippen LogP contribution in [-0.2, 0) is 24.4 Å². The van der Waals surface area contributed by atoms with E-state index in [-0.39, 0.29) is 30.0 Å². The molecule has 1 aromatic carbocycles. The molecule has 0 unspecified atom stereocenters. The van der Waals surface area contributed by atoms with Gasteiger partial charge in [-0.05, 0) is 63.5 Å². The maximum absolute atomic E-state index is 11.6. The lowest BCUT2D eigenvalue weighted by Crippen LogP contribution is -2.35. The first-order valence-corrected chi connectivity index (χ1v) is 14.8. The minimum absolute atomic E-state index is 0.0178. The van der Waals surface area contributed by atoms with Gasteiger partial charge in [0, 0.05) is 24.8 Å². The van der Waals surface area contributed by atoms with Crippen molar-refractivity contribution in [3.05, 3.63) is 68.5 Å². The molecule has 41 heavy (non-hydrogen) atoms. The highest BCUT2D eigenvalue weighted by atomic mass is 35.5. The Hall–Kier alpha value is -3.38. The number of thiophene rings is 1. The summed E-state index contributed by atoms with van der Waals surface area (Å²) in [6.45, 7) is 5.58. The molecule has 2 fully saturated rings. The van der Waals surface area contributed by atoms with Crippen molar-refractivity contribution in [2.45, 2.75) is 57.9 Å². The van der Waals surface area contributed by atoms with Gasteiger partial charge >= 0.3 is 5.97 Å². The predicted octanol–water partition coefficient (Wildman–Crippen LogP) is 5.19. The lowest BCUT2D eigenvalue weighted by Gasteiger charge is -2.32. The second kappa shape index (κ2) is 11.8. The Balaban J connectivity index is 1.10. The highest BCUT2D eigenvalue weighted by Gasteiger charge is 2.27. The lowest BCUT2D eigenvalue weighted by atomic mass is 9.96. The molecule has 3 aromatic heterocycles. The molecule has 0 bridgehead atoms. The van der Waals surface area contributed by atoms with E-state index in [1.807, 2.05) is 0 Å². The summed E-state index contributed by atoms with van der Waals surface area (Å²) >= 11 is 7.61. The number of carbonyl (C=O) groups excluding carboxylic acids is 1. The average Bonchev–Trinajstić information content (AvgIpc) is 3.49. The Kier molecular flexibility index (Phi) is 8.03. The monoisotopic (exact) mass is 595 g/mol. The normalized spacial score (nSPS) is 18.0. The fourth-order valence-electron chi connectivity index (χ4n) is 5.26. The summed E-state index contributed by atoms with van der Waals surface area (Å²) in [6, 6.07) is 8.51. The number of halogens is 1. The van der Waals surface area contributed by atoms with E-state index >= 15 is 0 Å². The number of carbonyl (C=O) groups is 2. The van der Waals surface area contributed by atoms with Crippen LogP contribution in [0.25, 0.3) is 11.0 Å². The van der Waals surface area contributed by atoms with Crippen LogP contribution >= 0.6 is 22.9 Å². The molecule has 2 aliphatic rings. The van der Waals surface area contributed by atoms with Crippen molar-refractivity contribution in [2.24, 2.45) is 0 Å². The van der Waals surface area contributed by atoms with Gasteiger partial charge in [-0.3, -0.25) is 9.69 Å². The number of Topliss-reactive ketones (excluding diaryl/α,β-unsaturated/α-hetero) is 1. The Bertz CT molecular complexity index is 1590. The van der Waals surface area contributed by atoms with Crippen LogP contribution in [0.15, 0.2) is 36.5 Å². The Morgan fingerprint density at radius 1 is 1.17 bits per heavy atom. The van der Waals surface area contributed by atoms with Crippen LogP contribution in [0.2, 0.25) is 5.02 Å². The van der Waals surface area contributed by atoms with Crippen molar-refractivity contribution >= 4 is 45.7 Å². The number of carboxylic acid groups (broad SMARTS) is 1. The number of aromatic carboxylic acids is 1. The van der Waals surface area contributed by atoms with Crippen molar-refractivity contribution < 1.29 is 24.2 Å². The Labute approximate surface area is 245 Å². The van der Waals surface area contributed by atoms with Crippen molar-refractivity contribution in [3.63, 3.8) is 0 Å². The van der Waals surface area contributed by atoms with Crippen LogP contribution in [-0.4, -0.2) is 67.1 Å². The number of fused-ring (bicyclic) bond motifs is 1. The molecule has 0 amide bonds. The lowest BCUT2D eigenvalue weighted by molar-refractivity contribution is -0.0592. The Morgan fingerprint density at radius 3 is 2.66 bits per heavy atom. The third-order valence-corrected chi connectivity index (χ3v) is 9.33. The molecule has 2 aliphatic heterocycles. The van der Waals surface area contributed by atoms with Gasteiger partial charge in [0.05, 0.1) is 50.6 Å². The SMILES string of the molecule is CC(=O)c1cc(Cl)c(COc2ccnc(C3CCN(Cc4nc5ccc(C(=O)O)cc5n4C[C@@H]4CCO4)CC3)n2)s1. The van der Waals surface area contributed by atoms with Gasteiger partial charge in [-0.1, -0.05) is 11.6 Å². The first-order valence-electron chi connectivity index (χ1n) is 13.7. The van der Waals surface area contributed by atoms with E-state index in [1.54, 1.807) is 36.5 Å². The maximum Gasteiger partial charge on any atom is 0.335 e. The van der Waals surface area contributed by atoms with Gasteiger partial charge in [0.25, 0.3) is 0 Å². The summed E-state index contributed by atoms with van der Waals surface area (Å²) in [5, 5.41) is 10.0. The minimum Gasteiger partial charge on any atom is -0.478 e. The molecule has 1 atom stereocenters. The fourth-order valence-corrected chi connectivity index (χ4v) is 6.47. The number of hydrogen-bond donors (Lipinski definition) is 1. The van der Waals surface area contributed by atoms with E-state index in [0.717, 1.165) is 66.5 Å². The molecule has 0 aliphatic carbocycles. The number of imidazole rings is 1. The summed E-state index contributed by atoms with van der Waals surface area (Å²) in [5.74, 6) is 1.42. The zero-order valence-corrected chi connectivity index (χ0v) is 24.2. The standard InChI is InChI=1S/C29H30ClN5O5S/c1-17(36)24-13-21(30)25(41-24)16-40-27-4-8-31-28(33-27)18-5-9-34(10-6-18)15-26-32-22-3-2-19(29(37)38)12-23(22)35(26)14-20-7-11-39-20/h2-4,8,12-13,18,20H,5-7,9-11,14-16H2,1H3,(H,37,38)/t20-/m0/s1. The summed E-state index contributed by atoms with van der Waals surface area (Å²) in [6.07, 6.45) is 4.64. The predicted molar refractivity (Wildman–Crippen MR) is 154 cm³/mol. The van der Waals surface area contributed by atoms with E-state index in [4.69, 9.17) is 26.1 Å². The molecule has 0 saturated carbocycles. The molecule has 5 heterocycles. The molecule has 4 aromatic rings. The zero-order chi connectivity index (χ0) is 28.5. The van der Waals surface area contributed by atoms with Gasteiger partial charge in [-0.25, -0.2) is 14.8 Å². The summed E-state index contributed by atoms with van der Waals surface area (Å²) in [7, 11) is 0. The number of likely N-dealkylation sites (tertiary alicyclic amines) is 1. The smallest absolute Gasteiger partial charge is 0.335 e. The Morgan fingerprint density at radius 2 is 1.98 bits per heavy atom. The van der Waals surface area contributed by atoms with Crippen LogP contribution in [0, 0.1) is 0 Å². The van der Waals surface area contributed by atoms with Gasteiger partial charge in [-0.2, -0.15) is 4.98 Å². The number of piperidine rings is 1. The molecule has 2 saturated heterocycles. The molecule has 214 valence electrons. The van der Waals surface area contributed by atoms with Gasteiger partial charge < -0.3 is 19.1 Å². The summed E-state index contributed by atoms with van der Waals surface area (Å²) in [4.78, 5) is 41.1. The highest BCUT2D eigenvalue weighted by molar-refractivity contribution is 7.14. The van der Waals surface area contributed by atoms with Crippen LogP contribution < -0.4 is 4.74 Å². The first kappa shape index (κ1) is 27.8. The third-order valence-electron chi connectivity index (χ3n) is 7.68. The van der Waals surface area contributed by atoms with Crippen molar-refractivity contribution in [3.8, 4) is 5.88 Å². The summed E-state index contributed by atoms with van der Waals surface area (Å²) < 4.78 is 13.7. The van der Waals surface area contributed by atoms with Gasteiger partial charge in [0.2, 0.25) is 5.88 Å². The topological polar surface area (TPSA) is 120 Å². The van der Waals surface area contributed by atoms with E-state index in [1.165, 1.54) is 18.3 Å². The number of nitrogens with zero attached hydrogens (tertiary/aromatic N) is 5. The third kappa shape index (κ3) is 6.13. The van der Waals surface area contributed by atoms with Crippen LogP contribution in [0.5, 0.6) is 5.88 Å². The van der Waals surface area contributed by atoms with E-state index in [9.17, 15) is 14.7 Å². The molecule has 1 N–H and O–H groups in total. The van der Waals surface area contributed by atoms with Crippen molar-refractivity contribution in [1.29, 1.82) is 0 Å². The van der Waals surface area contributed by atoms with Gasteiger partial charge in [0.1, 0.15) is 18.3 Å². The van der Waals surface area contributed by atoms with Crippen molar-refractivity contribution in [2.75, 3.05) is 19.7 Å². The number of hydrogen-bond acceptors (Lipinski definition) is 9. The number of carboxylic acids is 1. The van der Waals surface area contributed by atoms with E-state index in [2.05, 4.69) is 19.4 Å².